The first-order valence-corrected chi connectivity index (χ1v) is 15.0. The molecule has 0 spiro atoms. The van der Waals surface area contributed by atoms with Crippen LogP contribution in [0.1, 0.15) is 30.5 Å². The zero-order chi connectivity index (χ0) is 31.1. The van der Waals surface area contributed by atoms with Gasteiger partial charge >= 0.3 is 6.03 Å². The number of anilines is 2. The van der Waals surface area contributed by atoms with Gasteiger partial charge in [-0.15, -0.1) is 0 Å². The Morgan fingerprint density at radius 2 is 1.52 bits per heavy atom. The number of halogens is 2. The number of nitrogens with one attached hydrogen (secondary N) is 2. The third-order valence-corrected chi connectivity index (χ3v) is 7.97. The smallest absolute Gasteiger partial charge is 0.323 e. The molecule has 0 aromatic heterocycles. The van der Waals surface area contributed by atoms with Crippen LogP contribution in [0.2, 0.25) is 5.02 Å². The number of piperazine rings is 1. The van der Waals surface area contributed by atoms with Crippen LogP contribution in [0.3, 0.4) is 0 Å². The van der Waals surface area contributed by atoms with Gasteiger partial charge in [-0.2, -0.15) is 0 Å². The molecule has 1 aliphatic rings. The maximum absolute atomic E-state index is 13.3. The van der Waals surface area contributed by atoms with Crippen molar-refractivity contribution in [3.8, 4) is 5.75 Å². The van der Waals surface area contributed by atoms with Crippen LogP contribution in [-0.4, -0.2) is 53.5 Å². The van der Waals surface area contributed by atoms with Gasteiger partial charge in [0.15, 0.2) is 6.61 Å². The fraction of sp³-hybridized carbons (Fsp3) is 0.257. The van der Waals surface area contributed by atoms with Gasteiger partial charge in [0.05, 0.1) is 5.69 Å². The number of amides is 3. The fourth-order valence-electron chi connectivity index (χ4n) is 5.36. The van der Waals surface area contributed by atoms with E-state index >= 15 is 0 Å². The minimum absolute atomic E-state index is 0.0320. The second-order valence-corrected chi connectivity index (χ2v) is 11.6. The van der Waals surface area contributed by atoms with Gasteiger partial charge in [-0.3, -0.25) is 9.69 Å². The van der Waals surface area contributed by atoms with Crippen molar-refractivity contribution < 1.29 is 18.7 Å². The van der Waals surface area contributed by atoms with Gasteiger partial charge in [-0.1, -0.05) is 66.2 Å². The summed E-state index contributed by atoms with van der Waals surface area (Å²) in [5.41, 5.74) is 4.37. The molecular weight excluding hydrogens is 579 g/mol. The predicted molar refractivity (Wildman–Crippen MR) is 173 cm³/mol. The lowest BCUT2D eigenvalue weighted by atomic mass is 10.0. The van der Waals surface area contributed by atoms with E-state index in [1.807, 2.05) is 54.3 Å². The normalized spacial score (nSPS) is 16.8. The number of carbonyl (C=O) groups excluding carboxylic acids is 2. The highest BCUT2D eigenvalue weighted by atomic mass is 35.5. The average molecular weight is 615 g/mol. The van der Waals surface area contributed by atoms with Crippen LogP contribution >= 0.6 is 11.6 Å². The Hall–Kier alpha value is -4.40. The largest absolute Gasteiger partial charge is 0.482 e. The molecule has 9 heteroatoms. The molecule has 0 radical (unpaired) electrons. The molecule has 1 aliphatic heterocycles. The summed E-state index contributed by atoms with van der Waals surface area (Å²) in [6, 6.07) is 28.9. The van der Waals surface area contributed by atoms with Crippen molar-refractivity contribution in [3.05, 3.63) is 125 Å². The summed E-state index contributed by atoms with van der Waals surface area (Å²) in [5, 5.41) is 6.04. The Labute approximate surface area is 262 Å². The molecule has 228 valence electrons. The molecule has 2 N–H and O–H groups in total. The zero-order valence-electron chi connectivity index (χ0n) is 24.8. The van der Waals surface area contributed by atoms with E-state index in [-0.39, 0.29) is 30.4 Å². The molecule has 4 aromatic rings. The summed E-state index contributed by atoms with van der Waals surface area (Å²) in [6.45, 7) is 5.82. The maximum Gasteiger partial charge on any atom is 0.323 e. The van der Waals surface area contributed by atoms with Crippen molar-refractivity contribution in [2.24, 2.45) is 0 Å². The van der Waals surface area contributed by atoms with Crippen LogP contribution in [0.4, 0.5) is 20.6 Å². The number of rotatable bonds is 9. The Balaban J connectivity index is 1.14. The SMILES string of the molecule is C[C@@H]1CN(Cc2ccc(F)cc2)[C@@H](C)CN1C(=O)COc1ccc(Cl)cc1NC(=O)Nc1ccc(Cc2ccccc2)cc1. The number of benzene rings is 4. The molecule has 0 bridgehead atoms. The molecule has 1 saturated heterocycles. The number of ether oxygens (including phenoxy) is 1. The maximum atomic E-state index is 13.3. The molecule has 0 aliphatic carbocycles. The molecule has 3 amide bonds. The minimum atomic E-state index is -0.459. The number of urea groups is 1. The van der Waals surface area contributed by atoms with Gasteiger partial charge in [0.25, 0.3) is 5.91 Å². The topological polar surface area (TPSA) is 73.9 Å². The van der Waals surface area contributed by atoms with Crippen molar-refractivity contribution in [2.45, 2.75) is 38.9 Å². The van der Waals surface area contributed by atoms with Gasteiger partial charge < -0.3 is 20.3 Å². The first kappa shape index (κ1) is 31.0. The van der Waals surface area contributed by atoms with Crippen molar-refractivity contribution in [1.29, 1.82) is 0 Å². The monoisotopic (exact) mass is 614 g/mol. The molecule has 2 atom stereocenters. The Kier molecular flexibility index (Phi) is 10.1. The van der Waals surface area contributed by atoms with Gasteiger partial charge in [0.1, 0.15) is 11.6 Å². The second kappa shape index (κ2) is 14.4. The molecule has 7 nitrogen and oxygen atoms in total. The summed E-state index contributed by atoms with van der Waals surface area (Å²) >= 11 is 6.22. The lowest BCUT2D eigenvalue weighted by molar-refractivity contribution is -0.139. The van der Waals surface area contributed by atoms with Gasteiger partial charge in [-0.05, 0) is 79.4 Å². The fourth-order valence-corrected chi connectivity index (χ4v) is 5.53. The third kappa shape index (κ3) is 8.36. The molecule has 44 heavy (non-hydrogen) atoms. The van der Waals surface area contributed by atoms with E-state index in [9.17, 15) is 14.0 Å². The zero-order valence-corrected chi connectivity index (χ0v) is 25.6. The predicted octanol–water partition coefficient (Wildman–Crippen LogP) is 7.21. The second-order valence-electron chi connectivity index (χ2n) is 11.2. The van der Waals surface area contributed by atoms with Crippen LogP contribution in [-0.2, 0) is 17.8 Å². The van der Waals surface area contributed by atoms with E-state index in [1.54, 1.807) is 30.3 Å². The van der Waals surface area contributed by atoms with Gasteiger partial charge in [-0.25, -0.2) is 9.18 Å². The first-order valence-electron chi connectivity index (χ1n) is 14.6. The number of hydrogen-bond acceptors (Lipinski definition) is 4. The van der Waals surface area contributed by atoms with Crippen LogP contribution in [0.25, 0.3) is 0 Å². The summed E-state index contributed by atoms with van der Waals surface area (Å²) in [6.07, 6.45) is 0.804. The van der Waals surface area contributed by atoms with E-state index in [2.05, 4.69) is 34.6 Å². The third-order valence-electron chi connectivity index (χ3n) is 7.74. The van der Waals surface area contributed by atoms with E-state index in [4.69, 9.17) is 16.3 Å². The number of hydrogen-bond donors (Lipinski definition) is 2. The Bertz CT molecular complexity index is 1570. The van der Waals surface area contributed by atoms with Crippen molar-refractivity contribution in [2.75, 3.05) is 30.3 Å². The molecule has 5 rings (SSSR count). The highest BCUT2D eigenvalue weighted by Crippen LogP contribution is 2.29. The van der Waals surface area contributed by atoms with E-state index < -0.39 is 6.03 Å². The van der Waals surface area contributed by atoms with Crippen LogP contribution < -0.4 is 15.4 Å². The minimum Gasteiger partial charge on any atom is -0.482 e. The Morgan fingerprint density at radius 3 is 2.25 bits per heavy atom. The summed E-state index contributed by atoms with van der Waals surface area (Å²) < 4.78 is 19.2. The number of carbonyl (C=O) groups is 2. The van der Waals surface area contributed by atoms with E-state index in [0.717, 1.165) is 17.5 Å². The standard InChI is InChI=1S/C35H36ClFN4O3/c1-24-21-41(25(2)20-40(24)22-28-8-13-30(37)14-9-28)34(42)23-44-33-17-12-29(36)19-32(33)39-35(43)38-31-15-10-27(11-16-31)18-26-6-4-3-5-7-26/h3-17,19,24-25H,18,20-23H2,1-2H3,(H2,38,39,43)/t24-,25+/m0/s1. The average Bonchev–Trinajstić information content (AvgIpc) is 3.01. The van der Waals surface area contributed by atoms with Crippen LogP contribution in [0, 0.1) is 5.82 Å². The van der Waals surface area contributed by atoms with Crippen molar-refractivity contribution >= 4 is 34.9 Å². The van der Waals surface area contributed by atoms with Crippen LogP contribution in [0.5, 0.6) is 5.75 Å². The van der Waals surface area contributed by atoms with E-state index in [0.29, 0.717) is 41.8 Å². The highest BCUT2D eigenvalue weighted by Gasteiger charge is 2.32. The molecule has 0 unspecified atom stereocenters. The van der Waals surface area contributed by atoms with Crippen molar-refractivity contribution in [3.63, 3.8) is 0 Å². The first-order chi connectivity index (χ1) is 21.2. The van der Waals surface area contributed by atoms with Gasteiger partial charge in [0, 0.05) is 42.4 Å². The van der Waals surface area contributed by atoms with Gasteiger partial charge in [0.2, 0.25) is 0 Å². The lowest BCUT2D eigenvalue weighted by Crippen LogP contribution is -2.58. The van der Waals surface area contributed by atoms with Crippen molar-refractivity contribution in [1.82, 2.24) is 9.80 Å². The molecular formula is C35H36ClFN4O3. The summed E-state index contributed by atoms with van der Waals surface area (Å²) in [5.74, 6) is -0.0619. The molecule has 0 saturated carbocycles. The summed E-state index contributed by atoms with van der Waals surface area (Å²) in [4.78, 5) is 30.2. The number of nitrogens with zero attached hydrogens (tertiary/aromatic N) is 2. The quantitative estimate of drug-likeness (QED) is 0.209. The summed E-state index contributed by atoms with van der Waals surface area (Å²) in [7, 11) is 0. The molecule has 4 aromatic carbocycles. The Morgan fingerprint density at radius 1 is 0.841 bits per heavy atom. The van der Waals surface area contributed by atoms with Crippen LogP contribution in [0.15, 0.2) is 97.1 Å². The lowest BCUT2D eigenvalue weighted by Gasteiger charge is -2.44. The highest BCUT2D eigenvalue weighted by molar-refractivity contribution is 6.31. The molecule has 1 heterocycles. The molecule has 1 fully saturated rings. The van der Waals surface area contributed by atoms with E-state index in [1.165, 1.54) is 17.7 Å².